The molecule has 1 aliphatic heterocycles. The Labute approximate surface area is 113 Å². The normalized spacial score (nSPS) is 16.3. The van der Waals surface area contributed by atoms with E-state index in [2.05, 4.69) is 25.5 Å². The van der Waals surface area contributed by atoms with Crippen molar-refractivity contribution in [3.05, 3.63) is 12.4 Å². The lowest BCUT2D eigenvalue weighted by Gasteiger charge is -2.26. The van der Waals surface area contributed by atoms with Gasteiger partial charge in [0.25, 0.3) is 0 Å². The van der Waals surface area contributed by atoms with Crippen molar-refractivity contribution in [3.8, 4) is 0 Å². The summed E-state index contributed by atoms with van der Waals surface area (Å²) >= 11 is 0. The number of nitrogens with zero attached hydrogens (tertiary/aromatic N) is 3. The summed E-state index contributed by atoms with van der Waals surface area (Å²) in [7, 11) is 0. The molecular weight excluding hydrogens is 246 g/mol. The fraction of sp³-hybridized carbons (Fsp3) is 0.667. The lowest BCUT2D eigenvalue weighted by molar-refractivity contribution is 0.0398. The predicted molar refractivity (Wildman–Crippen MR) is 73.4 cm³/mol. The topological polar surface area (TPSA) is 82.5 Å². The van der Waals surface area contributed by atoms with E-state index in [1.807, 2.05) is 6.07 Å². The minimum absolute atomic E-state index is 0.0871. The molecule has 0 aliphatic carbocycles. The zero-order chi connectivity index (χ0) is 13.3. The molecule has 1 aromatic heterocycles. The molecule has 7 heteroatoms. The van der Waals surface area contributed by atoms with Crippen LogP contribution in [0.2, 0.25) is 0 Å². The van der Waals surface area contributed by atoms with Gasteiger partial charge in [-0.25, -0.2) is 9.97 Å². The first kappa shape index (κ1) is 14.0. The smallest absolute Gasteiger partial charge is 0.131 e. The van der Waals surface area contributed by atoms with Gasteiger partial charge in [-0.3, -0.25) is 4.90 Å². The van der Waals surface area contributed by atoms with Crippen LogP contribution in [0, 0.1) is 0 Å². The van der Waals surface area contributed by atoms with E-state index in [0.717, 1.165) is 51.0 Å². The van der Waals surface area contributed by atoms with Crippen LogP contribution in [0.1, 0.15) is 0 Å². The second-order valence-corrected chi connectivity index (χ2v) is 4.32. The highest BCUT2D eigenvalue weighted by Crippen LogP contribution is 2.07. The molecule has 106 valence electrons. The quantitative estimate of drug-likeness (QED) is 0.621. The maximum Gasteiger partial charge on any atom is 0.131 e. The summed E-state index contributed by atoms with van der Waals surface area (Å²) in [5.74, 6) is 1.52. The molecule has 0 atom stereocenters. The lowest BCUT2D eigenvalue weighted by atomic mass is 10.4. The first-order chi connectivity index (χ1) is 9.38. The maximum atomic E-state index is 8.75. The standard InChI is InChI=1S/C12H21N5O2/c18-6-2-14-12-9-11(15-10-16-12)13-1-3-17-4-7-19-8-5-17/h9-10,18H,1-8H2,(H2,13,14,15,16). The number of aromatic nitrogens is 2. The number of morpholine rings is 1. The molecule has 1 fully saturated rings. The third kappa shape index (κ3) is 4.98. The Morgan fingerprint density at radius 3 is 2.53 bits per heavy atom. The summed E-state index contributed by atoms with van der Waals surface area (Å²) in [6.45, 7) is 6.03. The molecule has 0 aromatic carbocycles. The Bertz CT molecular complexity index is 371. The number of nitrogens with one attached hydrogen (secondary N) is 2. The minimum atomic E-state index is 0.0871. The molecule has 0 spiro atoms. The molecule has 7 nitrogen and oxygen atoms in total. The molecule has 1 saturated heterocycles. The maximum absolute atomic E-state index is 8.75. The zero-order valence-electron chi connectivity index (χ0n) is 11.0. The lowest BCUT2D eigenvalue weighted by Crippen LogP contribution is -2.39. The van der Waals surface area contributed by atoms with E-state index < -0.39 is 0 Å². The van der Waals surface area contributed by atoms with E-state index in [4.69, 9.17) is 9.84 Å². The molecule has 1 aliphatic rings. The molecule has 19 heavy (non-hydrogen) atoms. The fourth-order valence-corrected chi connectivity index (χ4v) is 1.90. The number of rotatable bonds is 7. The Balaban J connectivity index is 1.72. The van der Waals surface area contributed by atoms with Gasteiger partial charge in [0.05, 0.1) is 19.8 Å². The third-order valence-electron chi connectivity index (χ3n) is 2.92. The molecule has 0 bridgehead atoms. The van der Waals surface area contributed by atoms with Crippen LogP contribution >= 0.6 is 0 Å². The van der Waals surface area contributed by atoms with E-state index in [9.17, 15) is 0 Å². The van der Waals surface area contributed by atoms with E-state index >= 15 is 0 Å². The monoisotopic (exact) mass is 267 g/mol. The van der Waals surface area contributed by atoms with E-state index in [-0.39, 0.29) is 6.61 Å². The van der Waals surface area contributed by atoms with Crippen molar-refractivity contribution in [2.75, 3.05) is 63.2 Å². The van der Waals surface area contributed by atoms with Crippen molar-refractivity contribution in [1.82, 2.24) is 14.9 Å². The van der Waals surface area contributed by atoms with Crippen molar-refractivity contribution >= 4 is 11.6 Å². The summed E-state index contributed by atoms with van der Waals surface area (Å²) < 4.78 is 5.31. The summed E-state index contributed by atoms with van der Waals surface area (Å²) in [6, 6.07) is 1.84. The van der Waals surface area contributed by atoms with Crippen LogP contribution in [-0.4, -0.2) is 72.5 Å². The van der Waals surface area contributed by atoms with Gasteiger partial charge in [-0.05, 0) is 0 Å². The van der Waals surface area contributed by atoms with Crippen LogP contribution in [0.5, 0.6) is 0 Å². The summed E-state index contributed by atoms with van der Waals surface area (Å²) in [6.07, 6.45) is 1.51. The van der Waals surface area contributed by atoms with Crippen LogP contribution in [-0.2, 0) is 4.74 Å². The fourth-order valence-electron chi connectivity index (χ4n) is 1.90. The third-order valence-corrected chi connectivity index (χ3v) is 2.92. The number of aliphatic hydroxyl groups excluding tert-OH is 1. The number of ether oxygens (including phenoxy) is 1. The van der Waals surface area contributed by atoms with Gasteiger partial charge in [-0.1, -0.05) is 0 Å². The van der Waals surface area contributed by atoms with Crippen molar-refractivity contribution in [1.29, 1.82) is 0 Å². The SMILES string of the molecule is OCCNc1cc(NCCN2CCOCC2)ncn1. The van der Waals surface area contributed by atoms with Gasteiger partial charge in [0.2, 0.25) is 0 Å². The Kier molecular flexibility index (Phi) is 5.80. The van der Waals surface area contributed by atoms with Crippen molar-refractivity contribution in [3.63, 3.8) is 0 Å². The van der Waals surface area contributed by atoms with Crippen molar-refractivity contribution in [2.24, 2.45) is 0 Å². The molecule has 2 rings (SSSR count). The van der Waals surface area contributed by atoms with Crippen LogP contribution in [0.3, 0.4) is 0 Å². The van der Waals surface area contributed by atoms with Gasteiger partial charge in [-0.15, -0.1) is 0 Å². The van der Waals surface area contributed by atoms with Crippen LogP contribution in [0.25, 0.3) is 0 Å². The average Bonchev–Trinajstić information content (AvgIpc) is 2.47. The summed E-state index contributed by atoms with van der Waals surface area (Å²) in [4.78, 5) is 10.6. The van der Waals surface area contributed by atoms with E-state index in [1.165, 1.54) is 6.33 Å². The molecule has 0 radical (unpaired) electrons. The predicted octanol–water partition coefficient (Wildman–Crippen LogP) is -0.375. The van der Waals surface area contributed by atoms with Gasteiger partial charge in [-0.2, -0.15) is 0 Å². The summed E-state index contributed by atoms with van der Waals surface area (Å²) in [5.41, 5.74) is 0. The molecule has 1 aromatic rings. The van der Waals surface area contributed by atoms with Crippen LogP contribution in [0.4, 0.5) is 11.6 Å². The second kappa shape index (κ2) is 7.88. The number of hydrogen-bond acceptors (Lipinski definition) is 7. The summed E-state index contributed by atoms with van der Waals surface area (Å²) in [5, 5.41) is 15.0. The van der Waals surface area contributed by atoms with Crippen molar-refractivity contribution in [2.45, 2.75) is 0 Å². The largest absolute Gasteiger partial charge is 0.395 e. The number of aliphatic hydroxyl groups is 1. The first-order valence-electron chi connectivity index (χ1n) is 6.59. The highest BCUT2D eigenvalue weighted by atomic mass is 16.5. The Hall–Kier alpha value is -1.44. The molecular formula is C12H21N5O2. The number of hydrogen-bond donors (Lipinski definition) is 3. The molecule has 0 saturated carbocycles. The molecule has 0 unspecified atom stereocenters. The Morgan fingerprint density at radius 2 is 1.84 bits per heavy atom. The molecule has 0 amide bonds. The van der Waals surface area contributed by atoms with Gasteiger partial charge >= 0.3 is 0 Å². The number of anilines is 2. The molecule has 3 N–H and O–H groups in total. The first-order valence-corrected chi connectivity index (χ1v) is 6.59. The van der Waals surface area contributed by atoms with Crippen molar-refractivity contribution < 1.29 is 9.84 Å². The van der Waals surface area contributed by atoms with Gasteiger partial charge in [0, 0.05) is 38.8 Å². The van der Waals surface area contributed by atoms with Gasteiger partial charge in [0.1, 0.15) is 18.0 Å². The highest BCUT2D eigenvalue weighted by Gasteiger charge is 2.09. The van der Waals surface area contributed by atoms with Gasteiger partial charge < -0.3 is 20.5 Å². The second-order valence-electron chi connectivity index (χ2n) is 4.32. The van der Waals surface area contributed by atoms with E-state index in [0.29, 0.717) is 6.54 Å². The van der Waals surface area contributed by atoms with Gasteiger partial charge in [0.15, 0.2) is 0 Å². The van der Waals surface area contributed by atoms with Crippen LogP contribution in [0.15, 0.2) is 12.4 Å². The van der Waals surface area contributed by atoms with E-state index in [1.54, 1.807) is 0 Å². The molecule has 2 heterocycles. The highest BCUT2D eigenvalue weighted by molar-refractivity contribution is 5.46. The Morgan fingerprint density at radius 1 is 1.16 bits per heavy atom. The zero-order valence-corrected chi connectivity index (χ0v) is 11.0. The average molecular weight is 267 g/mol. The minimum Gasteiger partial charge on any atom is -0.395 e. The van der Waals surface area contributed by atoms with Crippen LogP contribution < -0.4 is 10.6 Å².